The van der Waals surface area contributed by atoms with Gasteiger partial charge in [-0.2, -0.15) is 0 Å². The van der Waals surface area contributed by atoms with Crippen molar-refractivity contribution in [2.75, 3.05) is 13.1 Å². The van der Waals surface area contributed by atoms with Crippen LogP contribution in [-0.4, -0.2) is 25.0 Å². The third-order valence-corrected chi connectivity index (χ3v) is 4.06. The molecule has 1 amide bonds. The van der Waals surface area contributed by atoms with Crippen LogP contribution in [0.3, 0.4) is 0 Å². The third-order valence-electron chi connectivity index (χ3n) is 4.06. The Morgan fingerprint density at radius 1 is 1.42 bits per heavy atom. The minimum Gasteiger partial charge on any atom is -0.355 e. The molecule has 0 bridgehead atoms. The zero-order chi connectivity index (χ0) is 13.7. The topological polar surface area (TPSA) is 41.1 Å². The van der Waals surface area contributed by atoms with Crippen LogP contribution in [0.4, 0.5) is 0 Å². The second kappa shape index (κ2) is 6.71. The molecule has 2 N–H and O–H groups in total. The molecule has 1 aliphatic heterocycles. The summed E-state index contributed by atoms with van der Waals surface area (Å²) >= 11 is 0. The SMILES string of the molecule is CC(CCNC(=O)C1NCCC1C)c1ccccc1. The number of rotatable bonds is 5. The van der Waals surface area contributed by atoms with E-state index in [4.69, 9.17) is 0 Å². The Morgan fingerprint density at radius 3 is 2.79 bits per heavy atom. The minimum absolute atomic E-state index is 0.00651. The molecule has 1 heterocycles. The first-order valence-corrected chi connectivity index (χ1v) is 7.24. The van der Waals surface area contributed by atoms with Crippen LogP contribution >= 0.6 is 0 Å². The molecule has 3 heteroatoms. The van der Waals surface area contributed by atoms with Gasteiger partial charge in [-0.05, 0) is 36.8 Å². The van der Waals surface area contributed by atoms with Crippen molar-refractivity contribution >= 4 is 5.91 Å². The molecule has 1 aromatic carbocycles. The molecule has 104 valence electrons. The standard InChI is InChI=1S/C16H24N2O/c1-12(14-6-4-3-5-7-14)8-11-18-16(19)15-13(2)9-10-17-15/h3-7,12-13,15,17H,8-11H2,1-2H3,(H,18,19). The summed E-state index contributed by atoms with van der Waals surface area (Å²) in [6, 6.07) is 10.5. The monoisotopic (exact) mass is 260 g/mol. The van der Waals surface area contributed by atoms with Gasteiger partial charge in [0.05, 0.1) is 6.04 Å². The van der Waals surface area contributed by atoms with Crippen molar-refractivity contribution in [3.8, 4) is 0 Å². The summed E-state index contributed by atoms with van der Waals surface area (Å²) in [6.07, 6.45) is 2.08. The summed E-state index contributed by atoms with van der Waals surface area (Å²) in [7, 11) is 0. The van der Waals surface area contributed by atoms with Crippen LogP contribution in [0, 0.1) is 5.92 Å². The average molecular weight is 260 g/mol. The van der Waals surface area contributed by atoms with Crippen LogP contribution in [0.25, 0.3) is 0 Å². The third kappa shape index (κ3) is 3.80. The van der Waals surface area contributed by atoms with Crippen LogP contribution in [0.15, 0.2) is 30.3 Å². The van der Waals surface area contributed by atoms with Crippen molar-refractivity contribution in [1.82, 2.24) is 10.6 Å². The Kier molecular flexibility index (Phi) is 4.97. The highest BCUT2D eigenvalue weighted by Crippen LogP contribution is 2.18. The van der Waals surface area contributed by atoms with Gasteiger partial charge in [0.2, 0.25) is 5.91 Å². The molecule has 0 aromatic heterocycles. The number of carbonyl (C=O) groups is 1. The number of benzene rings is 1. The number of hydrogen-bond acceptors (Lipinski definition) is 2. The molecule has 2 rings (SSSR count). The van der Waals surface area contributed by atoms with E-state index in [-0.39, 0.29) is 11.9 Å². The van der Waals surface area contributed by atoms with Crippen molar-refractivity contribution in [3.05, 3.63) is 35.9 Å². The normalized spacial score (nSPS) is 24.1. The van der Waals surface area contributed by atoms with E-state index in [0.717, 1.165) is 25.9 Å². The minimum atomic E-state index is 0.00651. The Labute approximate surface area is 115 Å². The van der Waals surface area contributed by atoms with Crippen molar-refractivity contribution < 1.29 is 4.79 Å². The van der Waals surface area contributed by atoms with E-state index in [1.807, 2.05) is 6.07 Å². The van der Waals surface area contributed by atoms with Gasteiger partial charge in [0.1, 0.15) is 0 Å². The largest absolute Gasteiger partial charge is 0.355 e. The zero-order valence-corrected chi connectivity index (χ0v) is 11.9. The van der Waals surface area contributed by atoms with Crippen LogP contribution < -0.4 is 10.6 Å². The molecule has 1 fully saturated rings. The fraction of sp³-hybridized carbons (Fsp3) is 0.562. The Bertz CT molecular complexity index is 404. The maximum atomic E-state index is 12.0. The lowest BCUT2D eigenvalue weighted by Crippen LogP contribution is -2.43. The van der Waals surface area contributed by atoms with E-state index in [1.54, 1.807) is 0 Å². The zero-order valence-electron chi connectivity index (χ0n) is 11.9. The highest BCUT2D eigenvalue weighted by atomic mass is 16.2. The number of hydrogen-bond donors (Lipinski definition) is 2. The van der Waals surface area contributed by atoms with Gasteiger partial charge >= 0.3 is 0 Å². The van der Waals surface area contributed by atoms with Gasteiger partial charge in [-0.25, -0.2) is 0 Å². The summed E-state index contributed by atoms with van der Waals surface area (Å²) in [5.41, 5.74) is 1.34. The van der Waals surface area contributed by atoms with E-state index in [1.165, 1.54) is 5.56 Å². The predicted octanol–water partition coefficient (Wildman–Crippen LogP) is 2.29. The van der Waals surface area contributed by atoms with Crippen molar-refractivity contribution in [2.45, 2.75) is 38.6 Å². The van der Waals surface area contributed by atoms with Gasteiger partial charge in [-0.1, -0.05) is 44.2 Å². The summed E-state index contributed by atoms with van der Waals surface area (Å²) in [4.78, 5) is 12.0. The molecule has 1 aliphatic rings. The maximum absolute atomic E-state index is 12.0. The molecular formula is C16H24N2O. The van der Waals surface area contributed by atoms with Crippen LogP contribution in [0.2, 0.25) is 0 Å². The quantitative estimate of drug-likeness (QED) is 0.853. The highest BCUT2D eigenvalue weighted by molar-refractivity contribution is 5.82. The summed E-state index contributed by atoms with van der Waals surface area (Å²) in [5.74, 6) is 1.09. The maximum Gasteiger partial charge on any atom is 0.237 e. The number of amides is 1. The molecule has 0 saturated carbocycles. The Morgan fingerprint density at radius 2 is 2.16 bits per heavy atom. The van der Waals surface area contributed by atoms with Crippen LogP contribution in [0.5, 0.6) is 0 Å². The van der Waals surface area contributed by atoms with Gasteiger partial charge in [-0.15, -0.1) is 0 Å². The lowest BCUT2D eigenvalue weighted by atomic mass is 9.98. The molecule has 0 radical (unpaired) electrons. The average Bonchev–Trinajstić information content (AvgIpc) is 2.86. The van der Waals surface area contributed by atoms with E-state index in [9.17, 15) is 4.79 Å². The number of nitrogens with one attached hydrogen (secondary N) is 2. The molecule has 19 heavy (non-hydrogen) atoms. The van der Waals surface area contributed by atoms with Crippen molar-refractivity contribution in [3.63, 3.8) is 0 Å². The highest BCUT2D eigenvalue weighted by Gasteiger charge is 2.28. The molecular weight excluding hydrogens is 236 g/mol. The molecule has 3 unspecified atom stereocenters. The van der Waals surface area contributed by atoms with Crippen molar-refractivity contribution in [2.24, 2.45) is 5.92 Å². The molecule has 1 saturated heterocycles. The molecule has 0 aliphatic carbocycles. The van der Waals surface area contributed by atoms with Gasteiger partial charge in [0.15, 0.2) is 0 Å². The van der Waals surface area contributed by atoms with Gasteiger partial charge in [0.25, 0.3) is 0 Å². The van der Waals surface area contributed by atoms with E-state index >= 15 is 0 Å². The van der Waals surface area contributed by atoms with Crippen molar-refractivity contribution in [1.29, 1.82) is 0 Å². The van der Waals surface area contributed by atoms with Gasteiger partial charge in [-0.3, -0.25) is 4.79 Å². The molecule has 0 spiro atoms. The first-order valence-electron chi connectivity index (χ1n) is 7.24. The Balaban J connectivity index is 1.73. The van der Waals surface area contributed by atoms with Crippen LogP contribution in [0.1, 0.15) is 38.2 Å². The Hall–Kier alpha value is -1.35. The molecule has 3 atom stereocenters. The predicted molar refractivity (Wildman–Crippen MR) is 78.1 cm³/mol. The smallest absolute Gasteiger partial charge is 0.237 e. The van der Waals surface area contributed by atoms with E-state index < -0.39 is 0 Å². The fourth-order valence-electron chi connectivity index (χ4n) is 2.66. The summed E-state index contributed by atoms with van der Waals surface area (Å²) < 4.78 is 0. The van der Waals surface area contributed by atoms with E-state index in [0.29, 0.717) is 11.8 Å². The van der Waals surface area contributed by atoms with Gasteiger partial charge < -0.3 is 10.6 Å². The molecule has 1 aromatic rings. The summed E-state index contributed by atoms with van der Waals surface area (Å²) in [5, 5.41) is 6.32. The first kappa shape index (κ1) is 14.1. The molecule has 3 nitrogen and oxygen atoms in total. The number of carbonyl (C=O) groups excluding carboxylic acids is 1. The lowest BCUT2D eigenvalue weighted by Gasteiger charge is -2.17. The van der Waals surface area contributed by atoms with Crippen LogP contribution in [-0.2, 0) is 4.79 Å². The first-order chi connectivity index (χ1) is 9.18. The second-order valence-electron chi connectivity index (χ2n) is 5.59. The fourth-order valence-corrected chi connectivity index (χ4v) is 2.66. The van der Waals surface area contributed by atoms with E-state index in [2.05, 4.69) is 48.7 Å². The van der Waals surface area contributed by atoms with Gasteiger partial charge in [0, 0.05) is 6.54 Å². The second-order valence-corrected chi connectivity index (χ2v) is 5.59. The lowest BCUT2D eigenvalue weighted by molar-refractivity contribution is -0.123. The summed E-state index contributed by atoms with van der Waals surface area (Å²) in [6.45, 7) is 6.05.